The molecule has 4 nitrogen and oxygen atoms in total. The lowest BCUT2D eigenvalue weighted by Gasteiger charge is -2.40. The van der Waals surface area contributed by atoms with Gasteiger partial charge in [0.05, 0.1) is 0 Å². The van der Waals surface area contributed by atoms with E-state index in [0.29, 0.717) is 12.8 Å². The lowest BCUT2D eigenvalue weighted by atomic mass is 9.94. The van der Waals surface area contributed by atoms with Crippen molar-refractivity contribution in [2.75, 3.05) is 0 Å². The summed E-state index contributed by atoms with van der Waals surface area (Å²) in [7, 11) is 0. The van der Waals surface area contributed by atoms with Gasteiger partial charge in [0, 0.05) is 24.9 Å². The van der Waals surface area contributed by atoms with Gasteiger partial charge in [0.25, 0.3) is 0 Å². The van der Waals surface area contributed by atoms with Gasteiger partial charge >= 0.3 is 6.09 Å². The second kappa shape index (κ2) is 5.07. The van der Waals surface area contributed by atoms with Crippen molar-refractivity contribution < 1.29 is 14.3 Å². The Morgan fingerprint density at radius 1 is 1.41 bits per heavy atom. The molecule has 0 aromatic carbocycles. The highest BCUT2D eigenvalue weighted by atomic mass is 16.6. The minimum absolute atomic E-state index is 0.0129. The second-order valence-electron chi connectivity index (χ2n) is 5.75. The summed E-state index contributed by atoms with van der Waals surface area (Å²) in [6.07, 6.45) is 1.38. The third-order valence-corrected chi connectivity index (χ3v) is 2.93. The molecule has 0 aromatic rings. The van der Waals surface area contributed by atoms with Crippen molar-refractivity contribution in [2.24, 2.45) is 0 Å². The average molecular weight is 241 g/mol. The van der Waals surface area contributed by atoms with Crippen LogP contribution in [0, 0.1) is 0 Å². The molecule has 0 radical (unpaired) electrons. The van der Waals surface area contributed by atoms with Gasteiger partial charge in [-0.3, -0.25) is 4.79 Å². The smallest absolute Gasteiger partial charge is 0.410 e. The molecule has 0 spiro atoms. The third-order valence-electron chi connectivity index (χ3n) is 2.93. The standard InChI is InChI=1S/C13H23NO3/c1-6-10-8-11(15)7-9(2)14(10)12(16)17-13(3,4)5/h9-10H,6-8H2,1-5H3/t9-,10+/m0/s1. The maximum Gasteiger partial charge on any atom is 0.410 e. The molecular weight excluding hydrogens is 218 g/mol. The van der Waals surface area contributed by atoms with Crippen LogP contribution in [0.3, 0.4) is 0 Å². The number of hydrogen-bond acceptors (Lipinski definition) is 3. The van der Waals surface area contributed by atoms with Crippen LogP contribution in [-0.2, 0) is 9.53 Å². The number of ether oxygens (including phenoxy) is 1. The van der Waals surface area contributed by atoms with Gasteiger partial charge in [-0.25, -0.2) is 4.79 Å². The molecular formula is C13H23NO3. The highest BCUT2D eigenvalue weighted by molar-refractivity contribution is 5.83. The Morgan fingerprint density at radius 3 is 2.47 bits per heavy atom. The van der Waals surface area contributed by atoms with Gasteiger partial charge < -0.3 is 9.64 Å². The molecule has 2 atom stereocenters. The first-order chi connectivity index (χ1) is 7.74. The number of carbonyl (C=O) groups excluding carboxylic acids is 2. The van der Waals surface area contributed by atoms with E-state index in [2.05, 4.69) is 0 Å². The molecule has 0 aliphatic carbocycles. The number of rotatable bonds is 1. The van der Waals surface area contributed by atoms with Crippen molar-refractivity contribution in [3.63, 3.8) is 0 Å². The number of hydrogen-bond donors (Lipinski definition) is 0. The average Bonchev–Trinajstić information content (AvgIpc) is 2.12. The molecule has 0 bridgehead atoms. The minimum atomic E-state index is -0.490. The van der Waals surface area contributed by atoms with Gasteiger partial charge in [-0.05, 0) is 34.1 Å². The minimum Gasteiger partial charge on any atom is -0.444 e. The Bertz CT molecular complexity index is 306. The quantitative estimate of drug-likeness (QED) is 0.709. The summed E-state index contributed by atoms with van der Waals surface area (Å²) in [5.41, 5.74) is -0.490. The molecule has 1 fully saturated rings. The Hall–Kier alpha value is -1.06. The van der Waals surface area contributed by atoms with Gasteiger partial charge in [-0.15, -0.1) is 0 Å². The van der Waals surface area contributed by atoms with Gasteiger partial charge in [0.1, 0.15) is 11.4 Å². The molecule has 0 aromatic heterocycles. The van der Waals surface area contributed by atoms with E-state index in [4.69, 9.17) is 4.74 Å². The van der Waals surface area contributed by atoms with E-state index < -0.39 is 5.60 Å². The van der Waals surface area contributed by atoms with Crippen LogP contribution in [0.15, 0.2) is 0 Å². The number of ketones is 1. The molecule has 1 heterocycles. The molecule has 1 saturated heterocycles. The lowest BCUT2D eigenvalue weighted by molar-refractivity contribution is -0.124. The van der Waals surface area contributed by atoms with Gasteiger partial charge in [0.15, 0.2) is 0 Å². The van der Waals surface area contributed by atoms with Crippen LogP contribution in [0.5, 0.6) is 0 Å². The fraction of sp³-hybridized carbons (Fsp3) is 0.846. The molecule has 0 unspecified atom stereocenters. The molecule has 98 valence electrons. The molecule has 0 saturated carbocycles. The van der Waals surface area contributed by atoms with E-state index in [0.717, 1.165) is 6.42 Å². The van der Waals surface area contributed by atoms with Crippen LogP contribution in [-0.4, -0.2) is 34.5 Å². The maximum atomic E-state index is 12.1. The first-order valence-corrected chi connectivity index (χ1v) is 6.27. The third kappa shape index (κ3) is 3.72. The second-order valence-corrected chi connectivity index (χ2v) is 5.75. The van der Waals surface area contributed by atoms with E-state index in [1.54, 1.807) is 4.90 Å². The number of amides is 1. The summed E-state index contributed by atoms with van der Waals surface area (Å²) in [5.74, 6) is 0.240. The van der Waals surface area contributed by atoms with Crippen LogP contribution >= 0.6 is 0 Å². The summed E-state index contributed by atoms with van der Waals surface area (Å²) in [6, 6.07) is -0.0721. The molecule has 1 amide bonds. The first-order valence-electron chi connectivity index (χ1n) is 6.27. The summed E-state index contributed by atoms with van der Waals surface area (Å²) in [4.78, 5) is 25.3. The molecule has 4 heteroatoms. The highest BCUT2D eigenvalue weighted by Crippen LogP contribution is 2.25. The van der Waals surface area contributed by atoms with E-state index in [1.165, 1.54) is 0 Å². The molecule has 1 rings (SSSR count). The molecule has 1 aliphatic rings. The monoisotopic (exact) mass is 241 g/mol. The van der Waals surface area contributed by atoms with E-state index in [-0.39, 0.29) is 24.0 Å². The number of Topliss-reactive ketones (excluding diaryl/α,β-unsaturated/α-hetero) is 1. The topological polar surface area (TPSA) is 46.6 Å². The van der Waals surface area contributed by atoms with Crippen molar-refractivity contribution in [3.8, 4) is 0 Å². The Kier molecular flexibility index (Phi) is 4.17. The van der Waals surface area contributed by atoms with Crippen molar-refractivity contribution in [3.05, 3.63) is 0 Å². The Labute approximate surface area is 103 Å². The maximum absolute atomic E-state index is 12.1. The van der Waals surface area contributed by atoms with Crippen LogP contribution in [0.1, 0.15) is 53.9 Å². The summed E-state index contributed by atoms with van der Waals surface area (Å²) < 4.78 is 5.39. The number of piperidine rings is 1. The highest BCUT2D eigenvalue weighted by Gasteiger charge is 2.36. The van der Waals surface area contributed by atoms with Crippen molar-refractivity contribution >= 4 is 11.9 Å². The van der Waals surface area contributed by atoms with E-state index in [1.807, 2.05) is 34.6 Å². The zero-order valence-corrected chi connectivity index (χ0v) is 11.4. The summed E-state index contributed by atoms with van der Waals surface area (Å²) in [6.45, 7) is 9.46. The van der Waals surface area contributed by atoms with Gasteiger partial charge in [-0.2, -0.15) is 0 Å². The van der Waals surface area contributed by atoms with Gasteiger partial charge in [0.2, 0.25) is 0 Å². The van der Waals surface area contributed by atoms with Crippen molar-refractivity contribution in [2.45, 2.75) is 71.6 Å². The van der Waals surface area contributed by atoms with E-state index >= 15 is 0 Å². The zero-order valence-electron chi connectivity index (χ0n) is 11.4. The van der Waals surface area contributed by atoms with Crippen LogP contribution in [0.25, 0.3) is 0 Å². The van der Waals surface area contributed by atoms with Gasteiger partial charge in [-0.1, -0.05) is 6.92 Å². The fourth-order valence-electron chi connectivity index (χ4n) is 2.22. The van der Waals surface area contributed by atoms with Crippen LogP contribution < -0.4 is 0 Å². The predicted octanol–water partition coefficient (Wildman–Crippen LogP) is 2.75. The largest absolute Gasteiger partial charge is 0.444 e. The van der Waals surface area contributed by atoms with Crippen LogP contribution in [0.2, 0.25) is 0 Å². The SMILES string of the molecule is CC[C@@H]1CC(=O)C[C@H](C)N1C(=O)OC(C)(C)C. The Morgan fingerprint density at radius 2 is 2.00 bits per heavy atom. The lowest BCUT2D eigenvalue weighted by Crippen LogP contribution is -2.52. The van der Waals surface area contributed by atoms with E-state index in [9.17, 15) is 9.59 Å². The predicted molar refractivity (Wildman–Crippen MR) is 65.9 cm³/mol. The number of likely N-dealkylation sites (tertiary alicyclic amines) is 1. The zero-order chi connectivity index (χ0) is 13.2. The van der Waals surface area contributed by atoms with Crippen molar-refractivity contribution in [1.29, 1.82) is 0 Å². The molecule has 17 heavy (non-hydrogen) atoms. The number of carbonyl (C=O) groups is 2. The first kappa shape index (κ1) is 14.0. The summed E-state index contributed by atoms with van der Waals surface area (Å²) in [5, 5.41) is 0. The van der Waals surface area contributed by atoms with Crippen LogP contribution in [0.4, 0.5) is 4.79 Å². The molecule has 1 aliphatic heterocycles. The van der Waals surface area contributed by atoms with Crippen molar-refractivity contribution in [1.82, 2.24) is 4.90 Å². The molecule has 0 N–H and O–H groups in total. The Balaban J connectivity index is 2.78. The fourth-order valence-corrected chi connectivity index (χ4v) is 2.22. The summed E-state index contributed by atoms with van der Waals surface area (Å²) >= 11 is 0. The number of nitrogens with zero attached hydrogens (tertiary/aromatic N) is 1. The normalized spacial score (nSPS) is 25.9.